The van der Waals surface area contributed by atoms with Crippen molar-refractivity contribution >= 4 is 38.5 Å². The highest BCUT2D eigenvalue weighted by molar-refractivity contribution is 9.10. The number of hydrogen-bond acceptors (Lipinski definition) is 8. The second-order valence-corrected chi connectivity index (χ2v) is 10.3. The SMILES string of the molecule is CCOC(=O)c1cn(-c2ccc(OCCO)cc2)c2cc(N3CCC[C@@H]3COc3ncccc3Br)c(F)cc2c1=O. The Morgan fingerprint density at radius 3 is 2.73 bits per heavy atom. The summed E-state index contributed by atoms with van der Waals surface area (Å²) in [6, 6.07) is 13.3. The lowest BCUT2D eigenvalue weighted by Crippen LogP contribution is -2.35. The van der Waals surface area contributed by atoms with Crippen molar-refractivity contribution in [2.45, 2.75) is 25.8 Å². The number of rotatable bonds is 10. The molecule has 0 unspecified atom stereocenters. The molecule has 0 radical (unpaired) electrons. The van der Waals surface area contributed by atoms with E-state index in [0.717, 1.165) is 17.3 Å². The third-order valence-corrected chi connectivity index (χ3v) is 7.47. The van der Waals surface area contributed by atoms with E-state index in [-0.39, 0.29) is 36.8 Å². The number of pyridine rings is 2. The van der Waals surface area contributed by atoms with Gasteiger partial charge in [-0.3, -0.25) is 4.79 Å². The topological polar surface area (TPSA) is 103 Å². The minimum atomic E-state index is -0.780. The van der Waals surface area contributed by atoms with Gasteiger partial charge in [-0.2, -0.15) is 0 Å². The highest BCUT2D eigenvalue weighted by Gasteiger charge is 2.29. The number of fused-ring (bicyclic) bond motifs is 1. The molecular weight excluding hydrogens is 597 g/mol. The molecule has 5 rings (SSSR count). The zero-order chi connectivity index (χ0) is 28.9. The summed E-state index contributed by atoms with van der Waals surface area (Å²) in [5.41, 5.74) is 0.590. The molecule has 0 saturated carbocycles. The summed E-state index contributed by atoms with van der Waals surface area (Å²) < 4.78 is 34.7. The number of aliphatic hydroxyl groups is 1. The Balaban J connectivity index is 1.57. The number of ether oxygens (including phenoxy) is 3. The normalized spacial score (nSPS) is 14.8. The average molecular weight is 626 g/mol. The molecule has 9 nitrogen and oxygen atoms in total. The molecule has 11 heteroatoms. The molecule has 41 heavy (non-hydrogen) atoms. The van der Waals surface area contributed by atoms with Crippen molar-refractivity contribution in [1.29, 1.82) is 0 Å². The number of anilines is 1. The van der Waals surface area contributed by atoms with Crippen molar-refractivity contribution in [3.05, 3.63) is 87.0 Å². The number of halogens is 2. The molecule has 1 fully saturated rings. The van der Waals surface area contributed by atoms with Crippen molar-refractivity contribution in [2.24, 2.45) is 0 Å². The lowest BCUT2D eigenvalue weighted by atomic mass is 10.1. The van der Waals surface area contributed by atoms with Gasteiger partial charge in [0.05, 0.1) is 34.9 Å². The van der Waals surface area contributed by atoms with Gasteiger partial charge in [-0.25, -0.2) is 14.2 Å². The number of aromatic nitrogens is 2. The van der Waals surface area contributed by atoms with Crippen LogP contribution >= 0.6 is 15.9 Å². The van der Waals surface area contributed by atoms with Gasteiger partial charge in [0.25, 0.3) is 0 Å². The summed E-state index contributed by atoms with van der Waals surface area (Å²) in [5.74, 6) is -0.339. The Morgan fingerprint density at radius 1 is 1.20 bits per heavy atom. The van der Waals surface area contributed by atoms with E-state index in [1.165, 1.54) is 12.3 Å². The molecule has 1 aliphatic heterocycles. The van der Waals surface area contributed by atoms with Crippen LogP contribution in [0.5, 0.6) is 11.6 Å². The highest BCUT2D eigenvalue weighted by Crippen LogP contribution is 2.33. The predicted molar refractivity (Wildman–Crippen MR) is 156 cm³/mol. The van der Waals surface area contributed by atoms with Crippen LogP contribution in [0.15, 0.2) is 70.2 Å². The second kappa shape index (κ2) is 12.7. The van der Waals surface area contributed by atoms with E-state index in [2.05, 4.69) is 20.9 Å². The van der Waals surface area contributed by atoms with E-state index in [4.69, 9.17) is 19.3 Å². The first-order valence-corrected chi connectivity index (χ1v) is 14.1. The summed E-state index contributed by atoms with van der Waals surface area (Å²) in [6.07, 6.45) is 4.71. The Labute approximate surface area is 244 Å². The lowest BCUT2D eigenvalue weighted by molar-refractivity contribution is 0.0524. The third-order valence-electron chi connectivity index (χ3n) is 6.87. The minimum Gasteiger partial charge on any atom is -0.491 e. The Hall–Kier alpha value is -3.96. The molecule has 1 N–H and O–H groups in total. The fourth-order valence-corrected chi connectivity index (χ4v) is 5.34. The Bertz CT molecular complexity index is 1610. The van der Waals surface area contributed by atoms with E-state index in [1.54, 1.807) is 54.1 Å². The number of carbonyl (C=O) groups excluding carboxylic acids is 1. The first-order chi connectivity index (χ1) is 19.9. The van der Waals surface area contributed by atoms with Gasteiger partial charge in [0, 0.05) is 30.0 Å². The molecule has 0 amide bonds. The second-order valence-electron chi connectivity index (χ2n) is 9.44. The molecule has 3 heterocycles. The monoisotopic (exact) mass is 625 g/mol. The zero-order valence-electron chi connectivity index (χ0n) is 22.4. The van der Waals surface area contributed by atoms with Gasteiger partial charge in [0.1, 0.15) is 30.3 Å². The average Bonchev–Trinajstić information content (AvgIpc) is 3.44. The van der Waals surface area contributed by atoms with Gasteiger partial charge in [0.2, 0.25) is 11.3 Å². The molecule has 1 atom stereocenters. The van der Waals surface area contributed by atoms with Crippen LogP contribution < -0.4 is 19.8 Å². The van der Waals surface area contributed by atoms with Gasteiger partial charge < -0.3 is 28.8 Å². The van der Waals surface area contributed by atoms with E-state index in [1.807, 2.05) is 11.0 Å². The molecule has 214 valence electrons. The van der Waals surface area contributed by atoms with Gasteiger partial charge in [0.15, 0.2) is 0 Å². The molecule has 2 aromatic heterocycles. The summed E-state index contributed by atoms with van der Waals surface area (Å²) >= 11 is 3.44. The van der Waals surface area contributed by atoms with Crippen LogP contribution in [0.4, 0.5) is 10.1 Å². The highest BCUT2D eigenvalue weighted by atomic mass is 79.9. The number of nitrogens with zero attached hydrogens (tertiary/aromatic N) is 3. The van der Waals surface area contributed by atoms with Crippen molar-refractivity contribution in [2.75, 3.05) is 37.9 Å². The fourth-order valence-electron chi connectivity index (χ4n) is 4.97. The largest absolute Gasteiger partial charge is 0.491 e. The van der Waals surface area contributed by atoms with Crippen molar-refractivity contribution in [3.63, 3.8) is 0 Å². The fraction of sp³-hybridized carbons (Fsp3) is 0.300. The maximum absolute atomic E-state index is 15.7. The molecule has 1 aliphatic rings. The Kier molecular flexibility index (Phi) is 8.84. The van der Waals surface area contributed by atoms with Crippen molar-refractivity contribution in [3.8, 4) is 17.3 Å². The standard InChI is InChI=1S/C30H29BrFN3O6/c1-2-39-30(38)23-17-35(19-7-9-21(10-8-19)40-14-13-36)26-16-27(25(32)15-22(26)28(23)37)34-12-4-5-20(34)18-41-29-24(31)6-3-11-33-29/h3,6-11,15-17,20,36H,2,4-5,12-14,18H2,1H3/t20-/m1/s1. The predicted octanol–water partition coefficient (Wildman–Crippen LogP) is 4.88. The van der Waals surface area contributed by atoms with Gasteiger partial charge in [-0.05, 0) is 84.2 Å². The molecule has 4 aromatic rings. The van der Waals surface area contributed by atoms with E-state index in [0.29, 0.717) is 41.7 Å². The molecule has 2 aromatic carbocycles. The van der Waals surface area contributed by atoms with Gasteiger partial charge in [-0.15, -0.1) is 0 Å². The molecule has 0 aliphatic carbocycles. The number of esters is 1. The quantitative estimate of drug-likeness (QED) is 0.249. The van der Waals surface area contributed by atoms with Crippen molar-refractivity contribution in [1.82, 2.24) is 9.55 Å². The maximum Gasteiger partial charge on any atom is 0.343 e. The summed E-state index contributed by atoms with van der Waals surface area (Å²) in [7, 11) is 0. The number of carbonyl (C=O) groups is 1. The van der Waals surface area contributed by atoms with Crippen LogP contribution in [0.25, 0.3) is 16.6 Å². The zero-order valence-corrected chi connectivity index (χ0v) is 24.0. The first-order valence-electron chi connectivity index (χ1n) is 13.3. The smallest absolute Gasteiger partial charge is 0.343 e. The van der Waals surface area contributed by atoms with Crippen LogP contribution in [-0.2, 0) is 4.74 Å². The number of aliphatic hydroxyl groups excluding tert-OH is 1. The van der Waals surface area contributed by atoms with Crippen LogP contribution in [0.1, 0.15) is 30.1 Å². The van der Waals surface area contributed by atoms with Crippen LogP contribution in [0.3, 0.4) is 0 Å². The third kappa shape index (κ3) is 6.06. The Morgan fingerprint density at radius 2 is 2.00 bits per heavy atom. The molecule has 0 bridgehead atoms. The number of hydrogen-bond donors (Lipinski definition) is 1. The van der Waals surface area contributed by atoms with E-state index in [9.17, 15) is 9.59 Å². The van der Waals surface area contributed by atoms with E-state index < -0.39 is 17.2 Å². The first kappa shape index (κ1) is 28.6. The van der Waals surface area contributed by atoms with Gasteiger partial charge >= 0.3 is 5.97 Å². The minimum absolute atomic E-state index is 0.0572. The lowest BCUT2D eigenvalue weighted by Gasteiger charge is -2.28. The molecule has 0 spiro atoms. The van der Waals surface area contributed by atoms with Gasteiger partial charge in [-0.1, -0.05) is 0 Å². The van der Waals surface area contributed by atoms with E-state index >= 15 is 4.39 Å². The molecular formula is C30H29BrFN3O6. The van der Waals surface area contributed by atoms with Crippen LogP contribution in [0, 0.1) is 5.82 Å². The number of benzene rings is 2. The van der Waals surface area contributed by atoms with Crippen LogP contribution in [-0.4, -0.2) is 59.6 Å². The summed E-state index contributed by atoms with van der Waals surface area (Å²) in [6.45, 7) is 2.68. The van der Waals surface area contributed by atoms with Crippen molar-refractivity contribution < 1.29 is 28.5 Å². The van der Waals surface area contributed by atoms with Crippen LogP contribution in [0.2, 0.25) is 0 Å². The summed E-state index contributed by atoms with van der Waals surface area (Å²) in [4.78, 5) is 32.2. The maximum atomic E-state index is 15.7. The molecule has 1 saturated heterocycles. The summed E-state index contributed by atoms with van der Waals surface area (Å²) in [5, 5.41) is 9.10.